The van der Waals surface area contributed by atoms with Crippen LogP contribution < -0.4 is 15.4 Å². The molecule has 2 aliphatic rings. The number of carbonyl (C=O) groups excluding carboxylic acids is 1. The van der Waals surface area contributed by atoms with Crippen LogP contribution in [0.5, 0.6) is 5.75 Å². The molecule has 0 spiro atoms. The molecule has 2 fully saturated rings. The first kappa shape index (κ1) is 22.4. The van der Waals surface area contributed by atoms with Crippen molar-refractivity contribution in [2.45, 2.75) is 40.2 Å². The summed E-state index contributed by atoms with van der Waals surface area (Å²) < 4.78 is 6.08. The van der Waals surface area contributed by atoms with Gasteiger partial charge in [0.1, 0.15) is 5.75 Å². The fraction of sp³-hybridized carbons (Fsp3) is 0.652. The fourth-order valence-corrected chi connectivity index (χ4v) is 3.54. The van der Waals surface area contributed by atoms with Gasteiger partial charge >= 0.3 is 0 Å². The zero-order valence-corrected chi connectivity index (χ0v) is 18.7. The highest BCUT2D eigenvalue weighted by molar-refractivity contribution is 5.79. The number of benzene rings is 1. The Morgan fingerprint density at radius 3 is 2.63 bits per heavy atom. The maximum absolute atomic E-state index is 11.5. The van der Waals surface area contributed by atoms with E-state index in [1.165, 1.54) is 18.4 Å². The average molecular weight is 416 g/mol. The summed E-state index contributed by atoms with van der Waals surface area (Å²) in [5, 5.41) is 6.77. The standard InChI is InChI=1S/C23H37N5O2/c1-4-24-23(25-9-10-27-11-13-28(14-12-27)19(3)29)26-16-21-8-5-18(2)15-22(21)30-17-20-6-7-20/h5,8,15,20H,4,6-7,9-14,16-17H2,1-3H3,(H2,24,25,26). The van der Waals surface area contributed by atoms with Gasteiger partial charge in [0.15, 0.2) is 5.96 Å². The number of nitrogens with zero attached hydrogens (tertiary/aromatic N) is 3. The van der Waals surface area contributed by atoms with Gasteiger partial charge in [0, 0.05) is 58.3 Å². The van der Waals surface area contributed by atoms with Crippen LogP contribution in [0, 0.1) is 12.8 Å². The van der Waals surface area contributed by atoms with Crippen molar-refractivity contribution in [2.24, 2.45) is 10.9 Å². The van der Waals surface area contributed by atoms with Crippen LogP contribution in [-0.2, 0) is 11.3 Å². The van der Waals surface area contributed by atoms with Crippen molar-refractivity contribution in [1.82, 2.24) is 20.4 Å². The molecule has 1 aliphatic carbocycles. The second kappa shape index (κ2) is 11.2. The van der Waals surface area contributed by atoms with E-state index in [2.05, 4.69) is 47.6 Å². The number of aryl methyl sites for hydroxylation is 1. The molecule has 1 amide bonds. The van der Waals surface area contributed by atoms with Crippen molar-refractivity contribution < 1.29 is 9.53 Å². The number of hydrogen-bond donors (Lipinski definition) is 2. The van der Waals surface area contributed by atoms with Crippen molar-refractivity contribution in [3.05, 3.63) is 29.3 Å². The molecule has 2 N–H and O–H groups in total. The molecule has 0 atom stereocenters. The third-order valence-electron chi connectivity index (χ3n) is 5.68. The monoisotopic (exact) mass is 415 g/mol. The van der Waals surface area contributed by atoms with E-state index < -0.39 is 0 Å². The molecule has 7 heteroatoms. The summed E-state index contributed by atoms with van der Waals surface area (Å²) in [6, 6.07) is 6.36. The Bertz CT molecular complexity index is 724. The molecule has 0 bridgehead atoms. The third kappa shape index (κ3) is 7.20. The Labute approximate surface area is 180 Å². The zero-order chi connectivity index (χ0) is 21.3. The van der Waals surface area contributed by atoms with Gasteiger partial charge in [0.05, 0.1) is 13.2 Å². The number of nitrogens with one attached hydrogen (secondary N) is 2. The molecule has 1 aromatic carbocycles. The van der Waals surface area contributed by atoms with Gasteiger partial charge in [-0.05, 0) is 44.2 Å². The number of piperazine rings is 1. The molecule has 0 unspecified atom stereocenters. The first-order chi connectivity index (χ1) is 14.5. The number of carbonyl (C=O) groups is 1. The summed E-state index contributed by atoms with van der Waals surface area (Å²) in [6.07, 6.45) is 2.58. The van der Waals surface area contributed by atoms with Gasteiger partial charge in [-0.25, -0.2) is 4.99 Å². The van der Waals surface area contributed by atoms with Gasteiger partial charge in [0.2, 0.25) is 5.91 Å². The van der Waals surface area contributed by atoms with Crippen LogP contribution in [0.1, 0.15) is 37.8 Å². The Hall–Kier alpha value is -2.28. The number of amides is 1. The Morgan fingerprint density at radius 2 is 1.97 bits per heavy atom. The Balaban J connectivity index is 1.49. The smallest absolute Gasteiger partial charge is 0.219 e. The normalized spacial score (nSPS) is 17.7. The van der Waals surface area contributed by atoms with Gasteiger partial charge in [0.25, 0.3) is 0 Å². The van der Waals surface area contributed by atoms with Crippen molar-refractivity contribution in [3.63, 3.8) is 0 Å². The van der Waals surface area contributed by atoms with Gasteiger partial charge in [-0.2, -0.15) is 0 Å². The summed E-state index contributed by atoms with van der Waals surface area (Å²) in [5.74, 6) is 2.70. The topological polar surface area (TPSA) is 69.2 Å². The van der Waals surface area contributed by atoms with Gasteiger partial charge in [-0.15, -0.1) is 0 Å². The van der Waals surface area contributed by atoms with Crippen LogP contribution in [0.15, 0.2) is 23.2 Å². The van der Waals surface area contributed by atoms with E-state index in [1.807, 2.05) is 4.90 Å². The largest absolute Gasteiger partial charge is 0.493 e. The van der Waals surface area contributed by atoms with Crippen molar-refractivity contribution in [3.8, 4) is 5.75 Å². The minimum Gasteiger partial charge on any atom is -0.493 e. The molecule has 166 valence electrons. The van der Waals surface area contributed by atoms with E-state index in [9.17, 15) is 4.79 Å². The molecule has 1 aromatic rings. The van der Waals surface area contributed by atoms with E-state index in [4.69, 9.17) is 9.73 Å². The van der Waals surface area contributed by atoms with Crippen molar-refractivity contribution >= 4 is 11.9 Å². The second-order valence-electron chi connectivity index (χ2n) is 8.34. The lowest BCUT2D eigenvalue weighted by Gasteiger charge is -2.34. The molecule has 1 aliphatic heterocycles. The maximum Gasteiger partial charge on any atom is 0.219 e. The predicted octanol–water partition coefficient (Wildman–Crippen LogP) is 2.00. The summed E-state index contributed by atoms with van der Waals surface area (Å²) in [7, 11) is 0. The highest BCUT2D eigenvalue weighted by Crippen LogP contribution is 2.30. The molecule has 30 heavy (non-hydrogen) atoms. The number of hydrogen-bond acceptors (Lipinski definition) is 4. The number of aliphatic imine (C=N–C) groups is 1. The first-order valence-electron chi connectivity index (χ1n) is 11.3. The molecule has 3 rings (SSSR count). The minimum atomic E-state index is 0.172. The molecule has 1 heterocycles. The molecule has 0 radical (unpaired) electrons. The van der Waals surface area contributed by atoms with Crippen LogP contribution in [0.3, 0.4) is 0 Å². The van der Waals surface area contributed by atoms with E-state index in [0.717, 1.165) is 75.6 Å². The summed E-state index contributed by atoms with van der Waals surface area (Å²) in [4.78, 5) is 20.5. The summed E-state index contributed by atoms with van der Waals surface area (Å²) in [6.45, 7) is 13.3. The van der Waals surface area contributed by atoms with Crippen LogP contribution in [0.4, 0.5) is 0 Å². The molecule has 1 saturated carbocycles. The number of guanidine groups is 1. The molecular weight excluding hydrogens is 378 g/mol. The lowest BCUT2D eigenvalue weighted by Crippen LogP contribution is -2.50. The molecule has 1 saturated heterocycles. The lowest BCUT2D eigenvalue weighted by molar-refractivity contribution is -0.130. The van der Waals surface area contributed by atoms with Crippen LogP contribution >= 0.6 is 0 Å². The fourth-order valence-electron chi connectivity index (χ4n) is 3.54. The first-order valence-corrected chi connectivity index (χ1v) is 11.3. The quantitative estimate of drug-likeness (QED) is 0.477. The van der Waals surface area contributed by atoms with Crippen LogP contribution in [-0.4, -0.2) is 74.1 Å². The van der Waals surface area contributed by atoms with Gasteiger partial charge < -0.3 is 20.3 Å². The van der Waals surface area contributed by atoms with Gasteiger partial charge in [-0.1, -0.05) is 12.1 Å². The number of ether oxygens (including phenoxy) is 1. The SMILES string of the molecule is CCNC(=NCc1ccc(C)cc1OCC1CC1)NCCN1CCN(C(C)=O)CC1. The van der Waals surface area contributed by atoms with Crippen molar-refractivity contribution in [2.75, 3.05) is 52.4 Å². The van der Waals surface area contributed by atoms with E-state index >= 15 is 0 Å². The molecule has 7 nitrogen and oxygen atoms in total. The summed E-state index contributed by atoms with van der Waals surface area (Å²) in [5.41, 5.74) is 2.34. The average Bonchev–Trinajstić information content (AvgIpc) is 3.56. The maximum atomic E-state index is 11.5. The highest BCUT2D eigenvalue weighted by Gasteiger charge is 2.22. The lowest BCUT2D eigenvalue weighted by atomic mass is 10.1. The zero-order valence-electron chi connectivity index (χ0n) is 18.7. The number of rotatable bonds is 9. The Kier molecular flexibility index (Phi) is 8.37. The third-order valence-corrected chi connectivity index (χ3v) is 5.68. The van der Waals surface area contributed by atoms with Crippen LogP contribution in [0.25, 0.3) is 0 Å². The van der Waals surface area contributed by atoms with Gasteiger partial charge in [-0.3, -0.25) is 9.69 Å². The molecular formula is C23H37N5O2. The summed E-state index contributed by atoms with van der Waals surface area (Å²) >= 11 is 0. The van der Waals surface area contributed by atoms with E-state index in [0.29, 0.717) is 6.54 Å². The second-order valence-corrected chi connectivity index (χ2v) is 8.34. The van der Waals surface area contributed by atoms with E-state index in [1.54, 1.807) is 6.92 Å². The van der Waals surface area contributed by atoms with Crippen molar-refractivity contribution in [1.29, 1.82) is 0 Å². The minimum absolute atomic E-state index is 0.172. The van der Waals surface area contributed by atoms with Crippen LogP contribution in [0.2, 0.25) is 0 Å². The highest BCUT2D eigenvalue weighted by atomic mass is 16.5. The predicted molar refractivity (Wildman–Crippen MR) is 121 cm³/mol. The Morgan fingerprint density at radius 1 is 1.20 bits per heavy atom. The molecule has 0 aromatic heterocycles. The van der Waals surface area contributed by atoms with E-state index in [-0.39, 0.29) is 5.91 Å².